The van der Waals surface area contributed by atoms with E-state index in [1.165, 1.54) is 0 Å². The molecular formula is C24H34KN3O4. The minimum atomic E-state index is -0.704. The third-order valence-corrected chi connectivity index (χ3v) is 4.91. The first-order valence-electron chi connectivity index (χ1n) is 10.5. The van der Waals surface area contributed by atoms with Crippen LogP contribution < -0.4 is 61.8 Å². The fourth-order valence-electron chi connectivity index (χ4n) is 3.38. The Bertz CT molecular complexity index is 878. The number of aliphatic hydroxyl groups excluding tert-OH is 1. The van der Waals surface area contributed by atoms with Gasteiger partial charge in [0.25, 0.3) is 0 Å². The molecule has 0 radical (unpaired) electrons. The van der Waals surface area contributed by atoms with Crippen molar-refractivity contribution in [2.24, 2.45) is 0 Å². The summed E-state index contributed by atoms with van der Waals surface area (Å²) in [7, 11) is 2.58. The third-order valence-electron chi connectivity index (χ3n) is 4.91. The molecule has 32 heavy (non-hydrogen) atoms. The van der Waals surface area contributed by atoms with Crippen LogP contribution in [-0.4, -0.2) is 54.3 Å². The van der Waals surface area contributed by atoms with Crippen molar-refractivity contribution in [3.63, 3.8) is 0 Å². The van der Waals surface area contributed by atoms with Crippen LogP contribution in [0.1, 0.15) is 61.3 Å². The number of fused-ring (bicyclic) bond motifs is 1. The van der Waals surface area contributed by atoms with Crippen LogP contribution in [0.25, 0.3) is 5.70 Å². The van der Waals surface area contributed by atoms with Crippen LogP contribution in [0.2, 0.25) is 0 Å². The number of hydrogen-bond acceptors (Lipinski definition) is 6. The SMILES string of the molecule is C=C/C(C#CC(O)CCNC)=C\C(=C/C)n1nc(C(=O)OCC)c2c1CCC2C.C[O-].[K+]. The molecule has 0 amide bonds. The summed E-state index contributed by atoms with van der Waals surface area (Å²) in [5.74, 6) is 5.71. The number of aliphatic hydroxyl groups is 1. The van der Waals surface area contributed by atoms with Crippen molar-refractivity contribution in [2.75, 3.05) is 27.3 Å². The zero-order chi connectivity index (χ0) is 23.4. The first-order chi connectivity index (χ1) is 15.0. The maximum atomic E-state index is 12.4. The topological polar surface area (TPSA) is 99.4 Å². The quantitative estimate of drug-likeness (QED) is 0.221. The Morgan fingerprint density at radius 2 is 2.19 bits per heavy atom. The van der Waals surface area contributed by atoms with E-state index in [0.717, 1.165) is 36.9 Å². The Labute approximate surface area is 234 Å². The number of aromatic nitrogens is 2. The van der Waals surface area contributed by atoms with Gasteiger partial charge >= 0.3 is 57.4 Å². The number of rotatable bonds is 8. The summed E-state index contributed by atoms with van der Waals surface area (Å²) in [5, 5.41) is 25.8. The zero-order valence-electron chi connectivity index (χ0n) is 20.2. The van der Waals surface area contributed by atoms with E-state index < -0.39 is 6.10 Å². The van der Waals surface area contributed by atoms with Crippen molar-refractivity contribution in [1.29, 1.82) is 0 Å². The number of allylic oxidation sites excluding steroid dienone is 5. The number of esters is 1. The number of carbonyl (C=O) groups excluding carboxylic acids is 1. The molecule has 0 fully saturated rings. The molecule has 7 nitrogen and oxygen atoms in total. The summed E-state index contributed by atoms with van der Waals surface area (Å²) in [5.41, 5.74) is 3.89. The van der Waals surface area contributed by atoms with E-state index in [9.17, 15) is 9.90 Å². The molecule has 2 N–H and O–H groups in total. The molecular weight excluding hydrogens is 433 g/mol. The van der Waals surface area contributed by atoms with E-state index >= 15 is 0 Å². The van der Waals surface area contributed by atoms with Crippen molar-refractivity contribution in [3.05, 3.63) is 47.3 Å². The van der Waals surface area contributed by atoms with Crippen molar-refractivity contribution in [3.8, 4) is 11.8 Å². The van der Waals surface area contributed by atoms with Crippen LogP contribution in [0.3, 0.4) is 0 Å². The molecule has 2 rings (SSSR count). The number of nitrogens with one attached hydrogen (secondary N) is 1. The third kappa shape index (κ3) is 8.39. The van der Waals surface area contributed by atoms with Crippen LogP contribution in [0.5, 0.6) is 0 Å². The summed E-state index contributed by atoms with van der Waals surface area (Å²) in [6, 6.07) is 0. The minimum absolute atomic E-state index is 0. The Balaban J connectivity index is 0.00000311. The van der Waals surface area contributed by atoms with Gasteiger partial charge in [-0.25, -0.2) is 9.48 Å². The molecule has 2 unspecified atom stereocenters. The largest absolute Gasteiger partial charge is 1.00 e. The minimum Gasteiger partial charge on any atom is -0.857 e. The predicted molar refractivity (Wildman–Crippen MR) is 121 cm³/mol. The average molecular weight is 468 g/mol. The van der Waals surface area contributed by atoms with Crippen LogP contribution in [0, 0.1) is 11.8 Å². The number of carbonyl (C=O) groups is 1. The molecule has 1 aliphatic carbocycles. The maximum Gasteiger partial charge on any atom is 1.00 e. The van der Waals surface area contributed by atoms with Gasteiger partial charge in [0.1, 0.15) is 6.10 Å². The molecule has 8 heteroatoms. The Kier molecular flexibility index (Phi) is 16.0. The predicted octanol–water partition coefficient (Wildman–Crippen LogP) is -0.963. The average Bonchev–Trinajstić information content (AvgIpc) is 3.35. The van der Waals surface area contributed by atoms with E-state index in [1.54, 1.807) is 13.0 Å². The van der Waals surface area contributed by atoms with Gasteiger partial charge in [0, 0.05) is 16.8 Å². The smallest absolute Gasteiger partial charge is 0.857 e. The van der Waals surface area contributed by atoms with E-state index in [4.69, 9.17) is 9.84 Å². The van der Waals surface area contributed by atoms with E-state index in [-0.39, 0.29) is 63.3 Å². The van der Waals surface area contributed by atoms with Gasteiger partial charge < -0.3 is 20.3 Å². The van der Waals surface area contributed by atoms with Gasteiger partial charge in [-0.3, -0.25) is 0 Å². The molecule has 0 aliphatic heterocycles. The number of hydrogen-bond donors (Lipinski definition) is 2. The molecule has 0 saturated carbocycles. The Morgan fingerprint density at radius 1 is 1.50 bits per heavy atom. The monoisotopic (exact) mass is 467 g/mol. The molecule has 1 heterocycles. The first kappa shape index (κ1) is 31.0. The van der Waals surface area contributed by atoms with Gasteiger partial charge in [0.05, 0.1) is 12.3 Å². The number of nitrogens with zero attached hydrogens (tertiary/aromatic N) is 2. The van der Waals surface area contributed by atoms with Gasteiger partial charge in [-0.05, 0) is 58.7 Å². The van der Waals surface area contributed by atoms with Gasteiger partial charge in [-0.1, -0.05) is 37.5 Å². The summed E-state index contributed by atoms with van der Waals surface area (Å²) in [6.45, 7) is 10.7. The molecule has 0 spiro atoms. The van der Waals surface area contributed by atoms with Crippen LogP contribution in [-0.2, 0) is 11.2 Å². The van der Waals surface area contributed by atoms with Crippen LogP contribution in [0.4, 0.5) is 0 Å². The normalized spacial score (nSPS) is 15.9. The molecule has 1 aliphatic rings. The van der Waals surface area contributed by atoms with Crippen LogP contribution in [0.15, 0.2) is 30.4 Å². The van der Waals surface area contributed by atoms with Gasteiger partial charge in [0.15, 0.2) is 5.69 Å². The standard InChI is InChI=1S/C23H31N3O3.CH3O.K/c1-6-17(10-11-19(27)13-14-24-5)15-18(7-2)26-20-12-9-16(4)21(20)22(25-26)23(28)29-8-3;1-2;/h6-7,15-16,19,24,27H,1,8-9,12-14H2,2-5H3;1H3;/q;-1;+1/b17-15+,18-7+;;. The summed E-state index contributed by atoms with van der Waals surface area (Å²) in [4.78, 5) is 12.4. The fraction of sp³-hybridized carbons (Fsp3) is 0.500. The first-order valence-corrected chi connectivity index (χ1v) is 10.5. The molecule has 0 saturated heterocycles. The fourth-order valence-corrected chi connectivity index (χ4v) is 3.38. The van der Waals surface area contributed by atoms with Gasteiger partial charge in [0.2, 0.25) is 0 Å². The van der Waals surface area contributed by atoms with Crippen LogP contribution >= 0.6 is 0 Å². The summed E-state index contributed by atoms with van der Waals surface area (Å²) >= 11 is 0. The molecule has 170 valence electrons. The maximum absolute atomic E-state index is 12.4. The van der Waals surface area contributed by atoms with Gasteiger partial charge in [-0.2, -0.15) is 12.2 Å². The second kappa shape index (κ2) is 16.6. The van der Waals surface area contributed by atoms with Crippen molar-refractivity contribution in [1.82, 2.24) is 15.1 Å². The van der Waals surface area contributed by atoms with E-state index in [1.807, 2.05) is 30.8 Å². The van der Waals surface area contributed by atoms with E-state index in [2.05, 4.69) is 35.8 Å². The zero-order valence-corrected chi connectivity index (χ0v) is 23.3. The summed E-state index contributed by atoms with van der Waals surface area (Å²) in [6.07, 6.45) is 7.13. The Morgan fingerprint density at radius 3 is 2.75 bits per heavy atom. The molecule has 0 bridgehead atoms. The molecule has 0 aromatic carbocycles. The van der Waals surface area contributed by atoms with Crippen molar-refractivity contribution >= 4 is 11.7 Å². The Hall–Kier alpha value is -1.02. The van der Waals surface area contributed by atoms with Crippen molar-refractivity contribution in [2.45, 2.75) is 52.1 Å². The van der Waals surface area contributed by atoms with Crippen molar-refractivity contribution < 1.29 is 71.1 Å². The molecule has 1 aromatic heterocycles. The molecule has 1 aromatic rings. The number of ether oxygens (including phenoxy) is 1. The second-order valence-corrected chi connectivity index (χ2v) is 6.98. The summed E-state index contributed by atoms with van der Waals surface area (Å²) < 4.78 is 7.02. The van der Waals surface area contributed by atoms with Gasteiger partial charge in [-0.15, -0.1) is 0 Å². The van der Waals surface area contributed by atoms with E-state index in [0.29, 0.717) is 30.8 Å². The second-order valence-electron chi connectivity index (χ2n) is 6.98. The molecule has 2 atom stereocenters.